The van der Waals surface area contributed by atoms with Crippen molar-refractivity contribution in [1.82, 2.24) is 5.32 Å². The molecule has 0 aliphatic heterocycles. The molecule has 1 unspecified atom stereocenters. The van der Waals surface area contributed by atoms with E-state index in [1.807, 2.05) is 25.1 Å². The van der Waals surface area contributed by atoms with Gasteiger partial charge in [0.15, 0.2) is 0 Å². The zero-order chi connectivity index (χ0) is 9.84. The van der Waals surface area contributed by atoms with Crippen molar-refractivity contribution in [1.29, 1.82) is 5.26 Å². The molecule has 68 valence electrons. The average Bonchev–Trinajstić information content (AvgIpc) is 2.13. The van der Waals surface area contributed by atoms with Crippen LogP contribution in [0, 0.1) is 18.3 Å². The summed E-state index contributed by atoms with van der Waals surface area (Å²) in [6.07, 6.45) is 0. The van der Waals surface area contributed by atoms with Gasteiger partial charge < -0.3 is 5.32 Å². The van der Waals surface area contributed by atoms with Gasteiger partial charge in [-0.25, -0.2) is 0 Å². The van der Waals surface area contributed by atoms with E-state index in [1.165, 1.54) is 0 Å². The van der Waals surface area contributed by atoms with Crippen LogP contribution in [0.3, 0.4) is 0 Å². The maximum atomic E-state index is 8.78. The van der Waals surface area contributed by atoms with E-state index < -0.39 is 0 Å². The Bertz CT molecular complexity index is 341. The van der Waals surface area contributed by atoms with Crippen molar-refractivity contribution < 1.29 is 0 Å². The molecule has 1 N–H and O–H groups in total. The second kappa shape index (κ2) is 4.27. The number of nitrogens with zero attached hydrogens (tertiary/aromatic N) is 1. The smallest absolute Gasteiger partial charge is 0.121 e. The summed E-state index contributed by atoms with van der Waals surface area (Å²) in [6, 6.07) is 7.51. The number of benzene rings is 1. The molecule has 1 aromatic carbocycles. The van der Waals surface area contributed by atoms with E-state index in [0.29, 0.717) is 5.02 Å². The van der Waals surface area contributed by atoms with Crippen LogP contribution in [0.1, 0.15) is 17.2 Å². The molecule has 1 rings (SSSR count). The number of halogens is 1. The number of hydrogen-bond donors (Lipinski definition) is 1. The molecule has 0 bridgehead atoms. The Hall–Kier alpha value is -1.04. The minimum absolute atomic E-state index is 0.280. The zero-order valence-electron chi connectivity index (χ0n) is 7.63. The summed E-state index contributed by atoms with van der Waals surface area (Å²) in [5, 5.41) is 12.4. The third kappa shape index (κ3) is 2.21. The first kappa shape index (κ1) is 10.0. The van der Waals surface area contributed by atoms with Crippen LogP contribution in [-0.4, -0.2) is 7.05 Å². The van der Waals surface area contributed by atoms with Gasteiger partial charge in [0.1, 0.15) is 6.04 Å². The number of aryl methyl sites for hydroxylation is 1. The van der Waals surface area contributed by atoms with Crippen LogP contribution >= 0.6 is 11.6 Å². The largest absolute Gasteiger partial charge is 0.301 e. The molecule has 0 radical (unpaired) electrons. The lowest BCUT2D eigenvalue weighted by Gasteiger charge is -2.08. The predicted molar refractivity (Wildman–Crippen MR) is 53.6 cm³/mol. The molecule has 0 amide bonds. The van der Waals surface area contributed by atoms with E-state index in [4.69, 9.17) is 16.9 Å². The predicted octanol–water partition coefficient (Wildman–Crippen LogP) is 2.43. The van der Waals surface area contributed by atoms with Crippen LogP contribution in [-0.2, 0) is 0 Å². The molecule has 0 aromatic heterocycles. The molecule has 0 aliphatic carbocycles. The standard InChI is InChI=1S/C10H11ClN2/c1-7-3-4-8(5-9(7)11)10(6-12)13-2/h3-5,10,13H,1-2H3. The van der Waals surface area contributed by atoms with Crippen molar-refractivity contribution in [2.75, 3.05) is 7.05 Å². The first-order valence-electron chi connectivity index (χ1n) is 4.02. The van der Waals surface area contributed by atoms with E-state index in [1.54, 1.807) is 7.05 Å². The molecule has 0 saturated heterocycles. The quantitative estimate of drug-likeness (QED) is 0.785. The highest BCUT2D eigenvalue weighted by Crippen LogP contribution is 2.20. The maximum absolute atomic E-state index is 8.78. The van der Waals surface area contributed by atoms with Crippen LogP contribution in [0.15, 0.2) is 18.2 Å². The summed E-state index contributed by atoms with van der Waals surface area (Å²) >= 11 is 5.93. The lowest BCUT2D eigenvalue weighted by atomic mass is 10.1. The summed E-state index contributed by atoms with van der Waals surface area (Å²) in [7, 11) is 1.75. The summed E-state index contributed by atoms with van der Waals surface area (Å²) < 4.78 is 0. The summed E-state index contributed by atoms with van der Waals surface area (Å²) in [5.74, 6) is 0. The van der Waals surface area contributed by atoms with Gasteiger partial charge in [-0.3, -0.25) is 0 Å². The van der Waals surface area contributed by atoms with Crippen molar-refractivity contribution in [2.45, 2.75) is 13.0 Å². The lowest BCUT2D eigenvalue weighted by Crippen LogP contribution is -2.13. The van der Waals surface area contributed by atoms with Gasteiger partial charge in [-0.05, 0) is 31.2 Å². The molecule has 0 heterocycles. The minimum Gasteiger partial charge on any atom is -0.301 e. The van der Waals surface area contributed by atoms with Crippen molar-refractivity contribution in [3.05, 3.63) is 34.3 Å². The molecular weight excluding hydrogens is 184 g/mol. The van der Waals surface area contributed by atoms with Gasteiger partial charge in [0, 0.05) is 5.02 Å². The van der Waals surface area contributed by atoms with Crippen LogP contribution in [0.5, 0.6) is 0 Å². The molecule has 1 aromatic rings. The van der Waals surface area contributed by atoms with Gasteiger partial charge in [-0.1, -0.05) is 23.7 Å². The van der Waals surface area contributed by atoms with E-state index in [-0.39, 0.29) is 6.04 Å². The average molecular weight is 195 g/mol. The van der Waals surface area contributed by atoms with E-state index in [9.17, 15) is 0 Å². The highest BCUT2D eigenvalue weighted by molar-refractivity contribution is 6.31. The Kier molecular flexibility index (Phi) is 3.30. The fraction of sp³-hybridized carbons (Fsp3) is 0.300. The Labute approximate surface area is 83.1 Å². The molecule has 3 heteroatoms. The molecule has 0 fully saturated rings. The molecule has 13 heavy (non-hydrogen) atoms. The maximum Gasteiger partial charge on any atom is 0.121 e. The molecule has 0 aliphatic rings. The topological polar surface area (TPSA) is 35.8 Å². The molecule has 0 saturated carbocycles. The highest BCUT2D eigenvalue weighted by atomic mass is 35.5. The first-order valence-corrected chi connectivity index (χ1v) is 4.39. The molecule has 0 spiro atoms. The first-order chi connectivity index (χ1) is 6.19. The lowest BCUT2D eigenvalue weighted by molar-refractivity contribution is 0.727. The van der Waals surface area contributed by atoms with Crippen molar-refractivity contribution in [3.63, 3.8) is 0 Å². The Morgan fingerprint density at radius 2 is 2.23 bits per heavy atom. The van der Waals surface area contributed by atoms with Crippen LogP contribution < -0.4 is 5.32 Å². The Morgan fingerprint density at radius 1 is 1.54 bits per heavy atom. The SMILES string of the molecule is CNC(C#N)c1ccc(C)c(Cl)c1. The van der Waals surface area contributed by atoms with Crippen molar-refractivity contribution >= 4 is 11.6 Å². The third-order valence-corrected chi connectivity index (χ3v) is 2.35. The van der Waals surface area contributed by atoms with E-state index >= 15 is 0 Å². The van der Waals surface area contributed by atoms with Crippen molar-refractivity contribution in [2.24, 2.45) is 0 Å². The second-order valence-corrected chi connectivity index (χ2v) is 3.27. The Morgan fingerprint density at radius 3 is 2.69 bits per heavy atom. The van der Waals surface area contributed by atoms with Gasteiger partial charge >= 0.3 is 0 Å². The summed E-state index contributed by atoms with van der Waals surface area (Å²) in [4.78, 5) is 0. The van der Waals surface area contributed by atoms with Crippen LogP contribution in [0.2, 0.25) is 5.02 Å². The van der Waals surface area contributed by atoms with E-state index in [0.717, 1.165) is 11.1 Å². The molecule has 1 atom stereocenters. The monoisotopic (exact) mass is 194 g/mol. The number of nitrogens with one attached hydrogen (secondary N) is 1. The van der Waals surface area contributed by atoms with Gasteiger partial charge in [-0.15, -0.1) is 0 Å². The highest BCUT2D eigenvalue weighted by Gasteiger charge is 2.07. The second-order valence-electron chi connectivity index (χ2n) is 2.86. The van der Waals surface area contributed by atoms with Gasteiger partial charge in [0.2, 0.25) is 0 Å². The molecular formula is C10H11ClN2. The number of hydrogen-bond acceptors (Lipinski definition) is 2. The summed E-state index contributed by atoms with van der Waals surface area (Å²) in [5.41, 5.74) is 1.93. The van der Waals surface area contributed by atoms with Crippen molar-refractivity contribution in [3.8, 4) is 6.07 Å². The number of rotatable bonds is 2. The normalized spacial score (nSPS) is 12.2. The van der Waals surface area contributed by atoms with Gasteiger partial charge in [0.05, 0.1) is 6.07 Å². The van der Waals surface area contributed by atoms with Gasteiger partial charge in [-0.2, -0.15) is 5.26 Å². The van der Waals surface area contributed by atoms with Crippen LogP contribution in [0.4, 0.5) is 0 Å². The van der Waals surface area contributed by atoms with Crippen LogP contribution in [0.25, 0.3) is 0 Å². The number of nitriles is 1. The van der Waals surface area contributed by atoms with E-state index in [2.05, 4.69) is 11.4 Å². The fourth-order valence-corrected chi connectivity index (χ4v) is 1.28. The third-order valence-electron chi connectivity index (χ3n) is 1.95. The Balaban J connectivity index is 3.04. The fourth-order valence-electron chi connectivity index (χ4n) is 1.09. The summed E-state index contributed by atoms with van der Waals surface area (Å²) in [6.45, 7) is 1.94. The molecule has 2 nitrogen and oxygen atoms in total. The minimum atomic E-state index is -0.280. The zero-order valence-corrected chi connectivity index (χ0v) is 8.39. The van der Waals surface area contributed by atoms with Gasteiger partial charge in [0.25, 0.3) is 0 Å².